The van der Waals surface area contributed by atoms with Crippen LogP contribution in [0.4, 0.5) is 0 Å². The van der Waals surface area contributed by atoms with Crippen LogP contribution in [-0.2, 0) is 6.54 Å². The molecule has 2 aliphatic heterocycles. The van der Waals surface area contributed by atoms with E-state index in [2.05, 4.69) is 18.7 Å². The number of hydrogen-bond acceptors (Lipinski definition) is 4. The molecule has 1 aromatic rings. The van der Waals surface area contributed by atoms with Crippen LogP contribution in [0.15, 0.2) is 12.1 Å². The van der Waals surface area contributed by atoms with E-state index in [0.717, 1.165) is 30.9 Å². The molecule has 3 rings (SSSR count). The predicted molar refractivity (Wildman–Crippen MR) is 67.9 cm³/mol. The highest BCUT2D eigenvalue weighted by Gasteiger charge is 2.29. The maximum absolute atomic E-state index is 10.0. The first-order valence-corrected chi connectivity index (χ1v) is 6.37. The summed E-state index contributed by atoms with van der Waals surface area (Å²) >= 11 is 0. The van der Waals surface area contributed by atoms with E-state index in [1.165, 1.54) is 6.42 Å². The Bertz CT molecular complexity index is 470. The minimum atomic E-state index is 0.245. The molecule has 2 aliphatic rings. The third-order valence-electron chi connectivity index (χ3n) is 3.72. The van der Waals surface area contributed by atoms with E-state index in [9.17, 15) is 5.11 Å². The summed E-state index contributed by atoms with van der Waals surface area (Å²) in [6.45, 7) is 7.74. The van der Waals surface area contributed by atoms with E-state index in [0.29, 0.717) is 16.9 Å². The van der Waals surface area contributed by atoms with Crippen molar-refractivity contribution in [3.63, 3.8) is 0 Å². The number of likely N-dealkylation sites (tertiary alicyclic amines) is 1. The van der Waals surface area contributed by atoms with E-state index in [1.54, 1.807) is 6.07 Å². The molecular weight excluding hydrogens is 230 g/mol. The smallest absolute Gasteiger partial charge is 0.231 e. The summed E-state index contributed by atoms with van der Waals surface area (Å²) < 4.78 is 10.6. The van der Waals surface area contributed by atoms with Crippen LogP contribution in [-0.4, -0.2) is 29.9 Å². The number of nitrogens with zero attached hydrogens (tertiary/aromatic N) is 1. The molecule has 0 aliphatic carbocycles. The Morgan fingerprint density at radius 3 is 2.67 bits per heavy atom. The topological polar surface area (TPSA) is 41.9 Å². The Morgan fingerprint density at radius 1 is 1.28 bits per heavy atom. The first-order valence-electron chi connectivity index (χ1n) is 6.37. The molecule has 0 amide bonds. The Kier molecular flexibility index (Phi) is 2.63. The highest BCUT2D eigenvalue weighted by molar-refractivity contribution is 5.51. The van der Waals surface area contributed by atoms with Gasteiger partial charge in [-0.05, 0) is 24.4 Å². The van der Waals surface area contributed by atoms with Crippen molar-refractivity contribution in [3.8, 4) is 17.2 Å². The second-order valence-corrected chi connectivity index (χ2v) is 5.96. The van der Waals surface area contributed by atoms with Crippen LogP contribution in [0.1, 0.15) is 25.8 Å². The van der Waals surface area contributed by atoms with Crippen molar-refractivity contribution < 1.29 is 14.6 Å². The van der Waals surface area contributed by atoms with Gasteiger partial charge in [-0.2, -0.15) is 0 Å². The van der Waals surface area contributed by atoms with Gasteiger partial charge in [0.15, 0.2) is 11.5 Å². The Labute approximate surface area is 107 Å². The number of ether oxygens (including phenoxy) is 2. The molecule has 18 heavy (non-hydrogen) atoms. The number of fused-ring (bicyclic) bond motifs is 1. The van der Waals surface area contributed by atoms with Crippen molar-refractivity contribution in [2.45, 2.75) is 26.8 Å². The van der Waals surface area contributed by atoms with Gasteiger partial charge in [-0.15, -0.1) is 0 Å². The molecule has 4 nitrogen and oxygen atoms in total. The first kappa shape index (κ1) is 11.7. The van der Waals surface area contributed by atoms with E-state index in [1.807, 2.05) is 6.07 Å². The summed E-state index contributed by atoms with van der Waals surface area (Å²) in [7, 11) is 0. The zero-order valence-corrected chi connectivity index (χ0v) is 10.9. The Hall–Kier alpha value is -1.42. The van der Waals surface area contributed by atoms with Gasteiger partial charge >= 0.3 is 0 Å². The maximum atomic E-state index is 10.0. The lowest BCUT2D eigenvalue weighted by molar-refractivity contribution is 0.174. The van der Waals surface area contributed by atoms with E-state index in [4.69, 9.17) is 9.47 Å². The monoisotopic (exact) mass is 249 g/mol. The summed E-state index contributed by atoms with van der Waals surface area (Å²) in [6, 6.07) is 3.54. The van der Waals surface area contributed by atoms with Crippen molar-refractivity contribution in [1.82, 2.24) is 4.90 Å². The Balaban J connectivity index is 1.77. The molecule has 0 saturated carbocycles. The summed E-state index contributed by atoms with van der Waals surface area (Å²) in [6.07, 6.45) is 1.21. The van der Waals surface area contributed by atoms with Crippen LogP contribution < -0.4 is 9.47 Å². The third-order valence-corrected chi connectivity index (χ3v) is 3.72. The summed E-state index contributed by atoms with van der Waals surface area (Å²) in [5.74, 6) is 1.67. The van der Waals surface area contributed by atoms with Crippen LogP contribution in [0.5, 0.6) is 17.2 Å². The molecule has 1 aromatic carbocycles. The van der Waals surface area contributed by atoms with Gasteiger partial charge in [-0.25, -0.2) is 0 Å². The summed E-state index contributed by atoms with van der Waals surface area (Å²) in [4.78, 5) is 2.37. The predicted octanol–water partition coefficient (Wildman–Crippen LogP) is 2.35. The molecular formula is C14H19NO3. The lowest BCUT2D eigenvalue weighted by Gasteiger charge is -2.20. The first-order chi connectivity index (χ1) is 8.53. The SMILES string of the molecule is CC1(C)CCN(Cc2cc3c(cc2O)OCO3)C1. The molecule has 0 unspecified atom stereocenters. The average Bonchev–Trinajstić information content (AvgIpc) is 2.85. The van der Waals surface area contributed by atoms with Crippen molar-refractivity contribution in [1.29, 1.82) is 0 Å². The average molecular weight is 249 g/mol. The molecule has 0 bridgehead atoms. The number of phenolic OH excluding ortho intramolecular Hbond substituents is 1. The van der Waals surface area contributed by atoms with Crippen LogP contribution >= 0.6 is 0 Å². The maximum Gasteiger partial charge on any atom is 0.231 e. The second-order valence-electron chi connectivity index (χ2n) is 5.96. The quantitative estimate of drug-likeness (QED) is 0.873. The van der Waals surface area contributed by atoms with Crippen molar-refractivity contribution in [3.05, 3.63) is 17.7 Å². The summed E-state index contributed by atoms with van der Waals surface area (Å²) in [5, 5.41) is 10.0. The zero-order chi connectivity index (χ0) is 12.8. The fourth-order valence-electron chi connectivity index (χ4n) is 2.70. The van der Waals surface area contributed by atoms with E-state index < -0.39 is 0 Å². The third kappa shape index (κ3) is 2.12. The van der Waals surface area contributed by atoms with Crippen LogP contribution in [0, 0.1) is 5.41 Å². The lowest BCUT2D eigenvalue weighted by Crippen LogP contribution is -2.22. The number of rotatable bonds is 2. The molecule has 1 saturated heterocycles. The highest BCUT2D eigenvalue weighted by atomic mass is 16.7. The largest absolute Gasteiger partial charge is 0.507 e. The molecule has 1 N–H and O–H groups in total. The molecule has 0 spiro atoms. The zero-order valence-electron chi connectivity index (χ0n) is 10.9. The van der Waals surface area contributed by atoms with Crippen LogP contribution in [0.25, 0.3) is 0 Å². The minimum Gasteiger partial charge on any atom is -0.507 e. The van der Waals surface area contributed by atoms with Crippen molar-refractivity contribution >= 4 is 0 Å². The number of benzene rings is 1. The van der Waals surface area contributed by atoms with Crippen LogP contribution in [0.3, 0.4) is 0 Å². The van der Waals surface area contributed by atoms with E-state index in [-0.39, 0.29) is 6.79 Å². The molecule has 2 heterocycles. The van der Waals surface area contributed by atoms with Gasteiger partial charge < -0.3 is 14.6 Å². The minimum absolute atomic E-state index is 0.245. The highest BCUT2D eigenvalue weighted by Crippen LogP contribution is 2.39. The standard InChI is InChI=1S/C14H19NO3/c1-14(2)3-4-15(8-14)7-10-5-12-13(6-11(10)16)18-9-17-12/h5-6,16H,3-4,7-9H2,1-2H3. The van der Waals surface area contributed by atoms with Gasteiger partial charge in [0.25, 0.3) is 0 Å². The molecule has 0 aromatic heterocycles. The lowest BCUT2D eigenvalue weighted by atomic mass is 9.93. The fourth-order valence-corrected chi connectivity index (χ4v) is 2.70. The molecule has 4 heteroatoms. The van der Waals surface area contributed by atoms with Gasteiger partial charge in [0, 0.05) is 24.7 Å². The number of phenols is 1. The molecule has 0 radical (unpaired) electrons. The molecule has 1 fully saturated rings. The molecule has 0 atom stereocenters. The Morgan fingerprint density at radius 2 is 2.00 bits per heavy atom. The van der Waals surface area contributed by atoms with Gasteiger partial charge in [-0.1, -0.05) is 13.8 Å². The molecule has 98 valence electrons. The fraction of sp³-hybridized carbons (Fsp3) is 0.571. The van der Waals surface area contributed by atoms with Gasteiger partial charge in [0.2, 0.25) is 6.79 Å². The van der Waals surface area contributed by atoms with Gasteiger partial charge in [0.05, 0.1) is 0 Å². The number of aromatic hydroxyl groups is 1. The van der Waals surface area contributed by atoms with Crippen LogP contribution in [0.2, 0.25) is 0 Å². The van der Waals surface area contributed by atoms with Crippen molar-refractivity contribution in [2.75, 3.05) is 19.9 Å². The normalized spacial score (nSPS) is 21.4. The number of hydrogen-bond donors (Lipinski definition) is 1. The van der Waals surface area contributed by atoms with E-state index >= 15 is 0 Å². The second kappa shape index (κ2) is 4.05. The van der Waals surface area contributed by atoms with Crippen molar-refractivity contribution in [2.24, 2.45) is 5.41 Å². The van der Waals surface area contributed by atoms with Gasteiger partial charge in [0.1, 0.15) is 5.75 Å². The summed E-state index contributed by atoms with van der Waals surface area (Å²) in [5.41, 5.74) is 1.29. The van der Waals surface area contributed by atoms with Gasteiger partial charge in [-0.3, -0.25) is 4.90 Å².